The summed E-state index contributed by atoms with van der Waals surface area (Å²) >= 11 is 0. The highest BCUT2D eigenvalue weighted by Gasteiger charge is 2.15. The standard InChI is InChI=1S/C14H6S4/c1-3-7-8-4-2-6-10-12(8)14(18-16-10)13-11(7)9(5-1)15-17-13/h1-6H. The van der Waals surface area contributed by atoms with Gasteiger partial charge in [-0.1, -0.05) is 65.6 Å². The van der Waals surface area contributed by atoms with Crippen molar-refractivity contribution >= 4 is 81.7 Å². The van der Waals surface area contributed by atoms with E-state index in [1.807, 2.05) is 41.4 Å². The van der Waals surface area contributed by atoms with Crippen molar-refractivity contribution in [3.8, 4) is 0 Å². The molecule has 86 valence electrons. The van der Waals surface area contributed by atoms with Crippen LogP contribution in [0.1, 0.15) is 0 Å². The molecule has 0 radical (unpaired) electrons. The molecule has 0 spiro atoms. The molecule has 0 unspecified atom stereocenters. The van der Waals surface area contributed by atoms with E-state index >= 15 is 0 Å². The average Bonchev–Trinajstić information content (AvgIpc) is 3.01. The fourth-order valence-corrected chi connectivity index (χ4v) is 8.41. The van der Waals surface area contributed by atoms with Gasteiger partial charge in [0.1, 0.15) is 0 Å². The van der Waals surface area contributed by atoms with E-state index in [9.17, 15) is 0 Å². The molecule has 2 heterocycles. The Hall–Kier alpha value is -0.940. The van der Waals surface area contributed by atoms with Gasteiger partial charge >= 0.3 is 0 Å². The SMILES string of the molecule is c1cc2ssc3c4ssc5cccc(c(c1)c23)c54. The lowest BCUT2D eigenvalue weighted by atomic mass is 10.0. The predicted octanol–water partition coefficient (Wildman–Crippen LogP) is 6.55. The fourth-order valence-electron chi connectivity index (χ4n) is 2.68. The van der Waals surface area contributed by atoms with Gasteiger partial charge in [-0.25, -0.2) is 0 Å². The van der Waals surface area contributed by atoms with E-state index in [1.54, 1.807) is 0 Å². The smallest absolute Gasteiger partial charge is 0.0657 e. The molecular formula is C14H6S4. The molecule has 0 fully saturated rings. The molecular weight excluding hydrogens is 296 g/mol. The summed E-state index contributed by atoms with van der Waals surface area (Å²) in [5.74, 6) is 0. The number of fused-ring (bicyclic) bond motifs is 2. The van der Waals surface area contributed by atoms with Crippen LogP contribution in [0, 0.1) is 0 Å². The van der Waals surface area contributed by atoms with Crippen molar-refractivity contribution in [3.05, 3.63) is 36.4 Å². The van der Waals surface area contributed by atoms with Crippen LogP contribution in [-0.2, 0) is 0 Å². The van der Waals surface area contributed by atoms with Crippen LogP contribution in [-0.4, -0.2) is 0 Å². The normalized spacial score (nSPS) is 12.4. The zero-order valence-electron chi connectivity index (χ0n) is 9.10. The van der Waals surface area contributed by atoms with Crippen molar-refractivity contribution in [3.63, 3.8) is 0 Å². The molecule has 0 N–H and O–H groups in total. The van der Waals surface area contributed by atoms with Crippen LogP contribution < -0.4 is 0 Å². The summed E-state index contributed by atoms with van der Waals surface area (Å²) in [5.41, 5.74) is 0. The zero-order chi connectivity index (χ0) is 11.7. The van der Waals surface area contributed by atoms with Crippen molar-refractivity contribution in [2.45, 2.75) is 0 Å². The predicted molar refractivity (Wildman–Crippen MR) is 88.0 cm³/mol. The minimum absolute atomic E-state index is 1.42. The van der Waals surface area contributed by atoms with Crippen LogP contribution in [0.4, 0.5) is 0 Å². The molecule has 0 aliphatic heterocycles. The quantitative estimate of drug-likeness (QED) is 0.225. The first kappa shape index (κ1) is 9.92. The highest BCUT2D eigenvalue weighted by Crippen LogP contribution is 2.48. The molecule has 0 saturated heterocycles. The lowest BCUT2D eigenvalue weighted by Crippen LogP contribution is -1.77. The van der Waals surface area contributed by atoms with Gasteiger partial charge < -0.3 is 0 Å². The van der Waals surface area contributed by atoms with Gasteiger partial charge in [0.25, 0.3) is 0 Å². The molecule has 0 aliphatic carbocycles. The first-order valence-corrected chi connectivity index (χ1v) is 9.94. The maximum Gasteiger partial charge on any atom is 0.0657 e. The van der Waals surface area contributed by atoms with E-state index in [2.05, 4.69) is 36.4 Å². The topological polar surface area (TPSA) is 0 Å². The van der Waals surface area contributed by atoms with Gasteiger partial charge in [0.2, 0.25) is 0 Å². The molecule has 5 aromatic rings. The summed E-state index contributed by atoms with van der Waals surface area (Å²) < 4.78 is 5.82. The summed E-state index contributed by atoms with van der Waals surface area (Å²) in [6.45, 7) is 0. The Balaban J connectivity index is 2.35. The Labute approximate surface area is 117 Å². The molecule has 0 nitrogen and oxygen atoms in total. The van der Waals surface area contributed by atoms with E-state index in [0.29, 0.717) is 0 Å². The Bertz CT molecular complexity index is 938. The maximum atomic E-state index is 2.27. The summed E-state index contributed by atoms with van der Waals surface area (Å²) in [6.07, 6.45) is 0. The van der Waals surface area contributed by atoms with Crippen LogP contribution in [0.3, 0.4) is 0 Å². The van der Waals surface area contributed by atoms with E-state index in [1.165, 1.54) is 40.3 Å². The van der Waals surface area contributed by atoms with Crippen molar-refractivity contribution in [1.29, 1.82) is 0 Å². The highest BCUT2D eigenvalue weighted by molar-refractivity contribution is 7.78. The first-order chi connectivity index (χ1) is 8.93. The number of benzene rings is 3. The second kappa shape index (κ2) is 3.33. The van der Waals surface area contributed by atoms with Gasteiger partial charge in [-0.3, -0.25) is 0 Å². The van der Waals surface area contributed by atoms with E-state index in [0.717, 1.165) is 0 Å². The lowest BCUT2D eigenvalue weighted by Gasteiger charge is -2.04. The second-order valence-corrected chi connectivity index (χ2v) is 8.71. The van der Waals surface area contributed by atoms with Crippen LogP contribution in [0.5, 0.6) is 0 Å². The van der Waals surface area contributed by atoms with Gasteiger partial charge in [-0.05, 0) is 22.9 Å². The molecule has 18 heavy (non-hydrogen) atoms. The Morgan fingerprint density at radius 2 is 1.06 bits per heavy atom. The van der Waals surface area contributed by atoms with Crippen molar-refractivity contribution in [2.75, 3.05) is 0 Å². The highest BCUT2D eigenvalue weighted by atomic mass is 32.9. The van der Waals surface area contributed by atoms with Crippen molar-refractivity contribution < 1.29 is 0 Å². The van der Waals surface area contributed by atoms with Gasteiger partial charge in [-0.15, -0.1) is 0 Å². The number of hydrogen-bond acceptors (Lipinski definition) is 4. The summed E-state index contributed by atoms with van der Waals surface area (Å²) in [4.78, 5) is 0. The minimum Gasteiger partial charge on any atom is -0.0793 e. The number of hydrogen-bond donors (Lipinski definition) is 0. The molecule has 5 rings (SSSR count). The third-order valence-corrected chi connectivity index (χ3v) is 8.50. The molecule has 0 saturated carbocycles. The largest absolute Gasteiger partial charge is 0.0793 e. The summed E-state index contributed by atoms with van der Waals surface area (Å²) in [5, 5.41) is 5.79. The van der Waals surface area contributed by atoms with E-state index in [4.69, 9.17) is 0 Å². The van der Waals surface area contributed by atoms with E-state index < -0.39 is 0 Å². The lowest BCUT2D eigenvalue weighted by molar-refractivity contribution is 1.90. The maximum absolute atomic E-state index is 2.27. The molecule has 4 heteroatoms. The molecule has 0 aliphatic rings. The third kappa shape index (κ3) is 1.06. The van der Waals surface area contributed by atoms with Crippen molar-refractivity contribution in [2.24, 2.45) is 0 Å². The fraction of sp³-hybridized carbons (Fsp3) is 0. The summed E-state index contributed by atoms with van der Waals surface area (Å²) in [7, 11) is 7.66. The van der Waals surface area contributed by atoms with Gasteiger partial charge in [0.05, 0.1) is 9.40 Å². The van der Waals surface area contributed by atoms with Crippen LogP contribution in [0.2, 0.25) is 0 Å². The van der Waals surface area contributed by atoms with Gasteiger partial charge in [0, 0.05) is 20.2 Å². The summed E-state index contributed by atoms with van der Waals surface area (Å²) in [6, 6.07) is 13.4. The average molecular weight is 302 g/mol. The molecule has 3 aromatic carbocycles. The van der Waals surface area contributed by atoms with Gasteiger partial charge in [0.15, 0.2) is 0 Å². The second-order valence-electron chi connectivity index (χ2n) is 4.35. The zero-order valence-corrected chi connectivity index (χ0v) is 12.4. The Morgan fingerprint density at radius 3 is 1.56 bits per heavy atom. The molecule has 2 aromatic heterocycles. The van der Waals surface area contributed by atoms with E-state index in [-0.39, 0.29) is 0 Å². The van der Waals surface area contributed by atoms with Crippen molar-refractivity contribution in [1.82, 2.24) is 0 Å². The Morgan fingerprint density at radius 1 is 0.556 bits per heavy atom. The number of rotatable bonds is 0. The molecule has 0 amide bonds. The first-order valence-electron chi connectivity index (χ1n) is 5.64. The molecule has 0 atom stereocenters. The molecule has 0 bridgehead atoms. The van der Waals surface area contributed by atoms with Crippen LogP contribution in [0.25, 0.3) is 40.3 Å². The van der Waals surface area contributed by atoms with Gasteiger partial charge in [-0.2, -0.15) is 0 Å². The minimum atomic E-state index is 1.42. The monoisotopic (exact) mass is 302 g/mol. The van der Waals surface area contributed by atoms with Crippen LogP contribution in [0.15, 0.2) is 36.4 Å². The van der Waals surface area contributed by atoms with Crippen LogP contribution >= 0.6 is 41.4 Å². The third-order valence-electron chi connectivity index (χ3n) is 3.43. The Kier molecular flexibility index (Phi) is 1.84.